The molecule has 1 aliphatic heterocycles. The largest absolute Gasteiger partial charge is 0.369 e. The summed E-state index contributed by atoms with van der Waals surface area (Å²) in [7, 11) is 0. The summed E-state index contributed by atoms with van der Waals surface area (Å²) in [5.74, 6) is -0.0892. The van der Waals surface area contributed by atoms with Gasteiger partial charge in [0.25, 0.3) is 5.91 Å². The third kappa shape index (κ3) is 4.41. The van der Waals surface area contributed by atoms with Crippen LogP contribution in [0.25, 0.3) is 0 Å². The average Bonchev–Trinajstić information content (AvgIpc) is 2.63. The number of benzene rings is 2. The quantitative estimate of drug-likeness (QED) is 0.835. The molecule has 25 heavy (non-hydrogen) atoms. The molecule has 5 heteroatoms. The van der Waals surface area contributed by atoms with E-state index in [1.54, 1.807) is 0 Å². The van der Waals surface area contributed by atoms with Gasteiger partial charge >= 0.3 is 0 Å². The van der Waals surface area contributed by atoms with Gasteiger partial charge in [-0.3, -0.25) is 4.79 Å². The Hall–Kier alpha value is -1.85. The molecule has 3 rings (SSSR count). The van der Waals surface area contributed by atoms with Gasteiger partial charge in [-0.25, -0.2) is 0 Å². The third-order valence-electron chi connectivity index (χ3n) is 4.73. The van der Waals surface area contributed by atoms with Crippen LogP contribution in [0.2, 0.25) is 0 Å². The number of piperazine rings is 1. The maximum atomic E-state index is 12.4. The smallest absolute Gasteiger partial charge is 0.255 e. The number of likely N-dealkylation sites (N-methyl/N-ethyl adjacent to an activating group) is 1. The molecule has 0 saturated carbocycles. The lowest BCUT2D eigenvalue weighted by atomic mass is 10.1. The van der Waals surface area contributed by atoms with Crippen LogP contribution >= 0.6 is 15.9 Å². The Morgan fingerprint density at radius 1 is 1.12 bits per heavy atom. The van der Waals surface area contributed by atoms with E-state index < -0.39 is 0 Å². The van der Waals surface area contributed by atoms with Crippen molar-refractivity contribution in [2.45, 2.75) is 13.8 Å². The Morgan fingerprint density at radius 2 is 1.88 bits per heavy atom. The lowest BCUT2D eigenvalue weighted by Gasteiger charge is -2.35. The second-order valence-electron chi connectivity index (χ2n) is 6.39. The van der Waals surface area contributed by atoms with E-state index in [1.807, 2.05) is 37.3 Å². The predicted octanol–water partition coefficient (Wildman–Crippen LogP) is 4.15. The summed E-state index contributed by atoms with van der Waals surface area (Å²) in [4.78, 5) is 17.3. The maximum Gasteiger partial charge on any atom is 0.255 e. The minimum absolute atomic E-state index is 0.0892. The van der Waals surface area contributed by atoms with Crippen molar-refractivity contribution in [3.63, 3.8) is 0 Å². The van der Waals surface area contributed by atoms with E-state index in [4.69, 9.17) is 0 Å². The van der Waals surface area contributed by atoms with Crippen molar-refractivity contribution >= 4 is 33.2 Å². The minimum Gasteiger partial charge on any atom is -0.369 e. The number of nitrogens with zero attached hydrogens (tertiary/aromatic N) is 2. The van der Waals surface area contributed by atoms with Gasteiger partial charge in [-0.2, -0.15) is 0 Å². The number of amides is 1. The molecule has 0 radical (unpaired) electrons. The minimum atomic E-state index is -0.0892. The zero-order valence-electron chi connectivity index (χ0n) is 14.8. The van der Waals surface area contributed by atoms with E-state index in [2.05, 4.69) is 50.1 Å². The van der Waals surface area contributed by atoms with Crippen molar-refractivity contribution in [3.05, 3.63) is 58.1 Å². The molecule has 0 aromatic heterocycles. The monoisotopic (exact) mass is 401 g/mol. The first kappa shape index (κ1) is 18.0. The summed E-state index contributed by atoms with van der Waals surface area (Å²) in [5, 5.41) is 3.01. The zero-order chi connectivity index (χ0) is 17.8. The van der Waals surface area contributed by atoms with Crippen LogP contribution in [-0.2, 0) is 0 Å². The topological polar surface area (TPSA) is 35.6 Å². The lowest BCUT2D eigenvalue weighted by Crippen LogP contribution is -2.46. The van der Waals surface area contributed by atoms with Crippen LogP contribution in [-0.4, -0.2) is 43.5 Å². The first-order valence-electron chi connectivity index (χ1n) is 8.71. The van der Waals surface area contributed by atoms with Crippen LogP contribution < -0.4 is 10.2 Å². The standard InChI is InChI=1S/C20H24BrN3O/c1-3-23-9-11-24(12-10-23)18-7-8-19(15(2)13-18)22-20(25)16-5-4-6-17(21)14-16/h4-8,13-14H,3,9-12H2,1-2H3,(H,22,25). The predicted molar refractivity (Wildman–Crippen MR) is 108 cm³/mol. The van der Waals surface area contributed by atoms with Gasteiger partial charge < -0.3 is 15.1 Å². The van der Waals surface area contributed by atoms with Crippen LogP contribution in [0.3, 0.4) is 0 Å². The van der Waals surface area contributed by atoms with Gasteiger partial charge in [-0.15, -0.1) is 0 Å². The molecule has 0 atom stereocenters. The average molecular weight is 402 g/mol. The highest BCUT2D eigenvalue weighted by atomic mass is 79.9. The summed E-state index contributed by atoms with van der Waals surface area (Å²) in [6.45, 7) is 9.69. The van der Waals surface area contributed by atoms with Crippen molar-refractivity contribution in [1.82, 2.24) is 4.90 Å². The van der Waals surface area contributed by atoms with Crippen molar-refractivity contribution in [2.75, 3.05) is 42.9 Å². The normalized spacial score (nSPS) is 15.2. The van der Waals surface area contributed by atoms with Gasteiger partial charge in [0.15, 0.2) is 0 Å². The van der Waals surface area contributed by atoms with Gasteiger partial charge in [-0.05, 0) is 55.4 Å². The van der Waals surface area contributed by atoms with Crippen LogP contribution in [0.4, 0.5) is 11.4 Å². The van der Waals surface area contributed by atoms with Crippen LogP contribution in [0, 0.1) is 6.92 Å². The van der Waals surface area contributed by atoms with Gasteiger partial charge in [-0.1, -0.05) is 28.9 Å². The van der Waals surface area contributed by atoms with Gasteiger partial charge in [0, 0.05) is 47.6 Å². The van der Waals surface area contributed by atoms with E-state index in [1.165, 1.54) is 5.69 Å². The molecule has 1 fully saturated rings. The fraction of sp³-hybridized carbons (Fsp3) is 0.350. The van der Waals surface area contributed by atoms with Crippen LogP contribution in [0.5, 0.6) is 0 Å². The molecule has 0 aliphatic carbocycles. The third-order valence-corrected chi connectivity index (χ3v) is 5.22. The molecule has 0 unspecified atom stereocenters. The second kappa shape index (κ2) is 8.02. The molecule has 1 saturated heterocycles. The number of halogens is 1. The van der Waals surface area contributed by atoms with Gasteiger partial charge in [0.1, 0.15) is 0 Å². The zero-order valence-corrected chi connectivity index (χ0v) is 16.3. The van der Waals surface area contributed by atoms with Crippen LogP contribution in [0.1, 0.15) is 22.8 Å². The van der Waals surface area contributed by atoms with Crippen molar-refractivity contribution in [2.24, 2.45) is 0 Å². The fourth-order valence-corrected chi connectivity index (χ4v) is 3.53. The Morgan fingerprint density at radius 3 is 2.52 bits per heavy atom. The maximum absolute atomic E-state index is 12.4. The first-order chi connectivity index (χ1) is 12.1. The summed E-state index contributed by atoms with van der Waals surface area (Å²) in [6, 6.07) is 13.7. The van der Waals surface area contributed by atoms with E-state index in [0.29, 0.717) is 5.56 Å². The number of carbonyl (C=O) groups excluding carboxylic acids is 1. The number of carbonyl (C=O) groups is 1. The molecule has 1 heterocycles. The number of hydrogen-bond donors (Lipinski definition) is 1. The summed E-state index contributed by atoms with van der Waals surface area (Å²) in [5.41, 5.74) is 3.82. The summed E-state index contributed by atoms with van der Waals surface area (Å²) >= 11 is 3.40. The Bertz CT molecular complexity index is 754. The molecular formula is C20H24BrN3O. The molecule has 1 N–H and O–H groups in total. The van der Waals surface area contributed by atoms with Gasteiger partial charge in [0.05, 0.1) is 0 Å². The molecule has 132 valence electrons. The van der Waals surface area contributed by atoms with E-state index in [9.17, 15) is 4.79 Å². The van der Waals surface area contributed by atoms with Crippen molar-refractivity contribution in [1.29, 1.82) is 0 Å². The fourth-order valence-electron chi connectivity index (χ4n) is 3.13. The van der Waals surface area contributed by atoms with Crippen molar-refractivity contribution < 1.29 is 4.79 Å². The van der Waals surface area contributed by atoms with E-state index in [-0.39, 0.29) is 5.91 Å². The molecule has 0 bridgehead atoms. The van der Waals surface area contributed by atoms with E-state index in [0.717, 1.165) is 48.4 Å². The summed E-state index contributed by atoms with van der Waals surface area (Å²) < 4.78 is 0.901. The SMILES string of the molecule is CCN1CCN(c2ccc(NC(=O)c3cccc(Br)c3)c(C)c2)CC1. The highest BCUT2D eigenvalue weighted by Crippen LogP contribution is 2.24. The summed E-state index contributed by atoms with van der Waals surface area (Å²) in [6.07, 6.45) is 0. The number of nitrogens with one attached hydrogen (secondary N) is 1. The molecule has 4 nitrogen and oxygen atoms in total. The molecule has 1 aliphatic rings. The number of anilines is 2. The first-order valence-corrected chi connectivity index (χ1v) is 9.51. The number of hydrogen-bond acceptors (Lipinski definition) is 3. The Kier molecular flexibility index (Phi) is 5.76. The second-order valence-corrected chi connectivity index (χ2v) is 7.30. The number of rotatable bonds is 4. The molecule has 2 aromatic carbocycles. The Balaban J connectivity index is 1.69. The molecule has 2 aromatic rings. The van der Waals surface area contributed by atoms with Crippen LogP contribution in [0.15, 0.2) is 46.9 Å². The Labute approximate surface area is 158 Å². The molecule has 1 amide bonds. The highest BCUT2D eigenvalue weighted by Gasteiger charge is 2.16. The van der Waals surface area contributed by atoms with Crippen molar-refractivity contribution in [3.8, 4) is 0 Å². The molecular weight excluding hydrogens is 378 g/mol. The van der Waals surface area contributed by atoms with E-state index >= 15 is 0 Å². The number of aryl methyl sites for hydroxylation is 1. The lowest BCUT2D eigenvalue weighted by molar-refractivity contribution is 0.102. The highest BCUT2D eigenvalue weighted by molar-refractivity contribution is 9.10. The van der Waals surface area contributed by atoms with Gasteiger partial charge in [0.2, 0.25) is 0 Å². The molecule has 0 spiro atoms.